The van der Waals surface area contributed by atoms with Gasteiger partial charge in [0.05, 0.1) is 10.2 Å². The molecule has 0 saturated heterocycles. The fraction of sp³-hybridized carbons (Fsp3) is 0.273. The van der Waals surface area contributed by atoms with Crippen molar-refractivity contribution in [3.8, 4) is 0 Å². The van der Waals surface area contributed by atoms with Gasteiger partial charge in [-0.25, -0.2) is 4.98 Å². The molecule has 0 aliphatic carbocycles. The minimum Gasteiger partial charge on any atom is -0.302 e. The topological polar surface area (TPSA) is 36.4 Å². The number of aromatic nitrogens is 1. The molecule has 1 aromatic heterocycles. The molecule has 3 rings (SSSR count). The van der Waals surface area contributed by atoms with Crippen molar-refractivity contribution in [2.75, 3.05) is 31.1 Å². The minimum absolute atomic E-state index is 0. The number of nitrogens with zero attached hydrogens (tertiary/aromatic N) is 3. The number of halogens is 2. The number of anilines is 1. The lowest BCUT2D eigenvalue weighted by molar-refractivity contribution is -0.114. The Morgan fingerprint density at radius 1 is 1.10 bits per heavy atom. The fourth-order valence-electron chi connectivity index (χ4n) is 2.90. The quantitative estimate of drug-likeness (QED) is 0.410. The smallest absolute Gasteiger partial charge is 0.252 e. The second kappa shape index (κ2) is 11.3. The van der Waals surface area contributed by atoms with Crippen LogP contribution >= 0.6 is 35.3 Å². The summed E-state index contributed by atoms with van der Waals surface area (Å²) in [5.74, 6) is -0.0684. The highest BCUT2D eigenvalue weighted by atomic mass is 35.5. The molecule has 0 fully saturated rings. The van der Waals surface area contributed by atoms with Crippen molar-refractivity contribution in [2.24, 2.45) is 0 Å². The Balaban J connectivity index is 0.00000300. The van der Waals surface area contributed by atoms with Crippen LogP contribution in [-0.2, 0) is 4.79 Å². The van der Waals surface area contributed by atoms with Crippen LogP contribution in [0.4, 0.5) is 5.13 Å². The Bertz CT molecular complexity index is 955. The van der Waals surface area contributed by atoms with Crippen LogP contribution < -0.4 is 4.90 Å². The molecular formula is C22H25Cl2N3OS. The number of benzene rings is 2. The van der Waals surface area contributed by atoms with Gasteiger partial charge >= 0.3 is 0 Å². The average Bonchev–Trinajstić information content (AvgIpc) is 3.13. The predicted octanol–water partition coefficient (Wildman–Crippen LogP) is 5.76. The normalized spacial score (nSPS) is 11.2. The van der Waals surface area contributed by atoms with Crippen molar-refractivity contribution in [1.82, 2.24) is 9.88 Å². The van der Waals surface area contributed by atoms with Gasteiger partial charge in [-0.05, 0) is 42.9 Å². The molecule has 154 valence electrons. The standard InChI is InChI=1S/C22H24ClN3OS.ClH/c1-3-25(4-2)14-15-26(21(27)13-10-17-8-6-5-7-9-17)22-24-19-12-11-18(23)16-20(19)28-22;/h5-13,16H,3-4,14-15H2,1-2H3;1H. The Morgan fingerprint density at radius 3 is 2.52 bits per heavy atom. The summed E-state index contributed by atoms with van der Waals surface area (Å²) in [5.41, 5.74) is 1.85. The van der Waals surface area contributed by atoms with Crippen LogP contribution in [0, 0.1) is 0 Å². The molecule has 7 heteroatoms. The van der Waals surface area contributed by atoms with E-state index in [1.807, 2.05) is 54.6 Å². The molecule has 29 heavy (non-hydrogen) atoms. The van der Waals surface area contributed by atoms with Gasteiger partial charge in [-0.3, -0.25) is 9.69 Å². The van der Waals surface area contributed by atoms with E-state index >= 15 is 0 Å². The summed E-state index contributed by atoms with van der Waals surface area (Å²) in [7, 11) is 0. The summed E-state index contributed by atoms with van der Waals surface area (Å²) in [5, 5.41) is 1.37. The van der Waals surface area contributed by atoms with Gasteiger partial charge in [0.15, 0.2) is 5.13 Å². The van der Waals surface area contributed by atoms with Gasteiger partial charge < -0.3 is 4.90 Å². The molecule has 4 nitrogen and oxygen atoms in total. The number of thiazole rings is 1. The summed E-state index contributed by atoms with van der Waals surface area (Å²) in [6.45, 7) is 7.55. The number of rotatable bonds is 8. The van der Waals surface area contributed by atoms with E-state index in [4.69, 9.17) is 11.6 Å². The molecule has 1 amide bonds. The van der Waals surface area contributed by atoms with E-state index in [9.17, 15) is 4.79 Å². The highest BCUT2D eigenvalue weighted by Crippen LogP contribution is 2.31. The van der Waals surface area contributed by atoms with E-state index in [1.54, 1.807) is 11.0 Å². The highest BCUT2D eigenvalue weighted by molar-refractivity contribution is 7.22. The predicted molar refractivity (Wildman–Crippen MR) is 127 cm³/mol. The van der Waals surface area contributed by atoms with Crippen molar-refractivity contribution < 1.29 is 4.79 Å². The molecule has 0 bridgehead atoms. The number of likely N-dealkylation sites (N-methyl/N-ethyl adjacent to an activating group) is 1. The third-order valence-electron chi connectivity index (χ3n) is 4.59. The summed E-state index contributed by atoms with van der Waals surface area (Å²) in [4.78, 5) is 21.7. The number of amides is 1. The van der Waals surface area contributed by atoms with Crippen LogP contribution in [0.25, 0.3) is 16.3 Å². The van der Waals surface area contributed by atoms with E-state index in [1.165, 1.54) is 11.3 Å². The first-order valence-electron chi connectivity index (χ1n) is 9.43. The highest BCUT2D eigenvalue weighted by Gasteiger charge is 2.18. The second-order valence-corrected chi connectivity index (χ2v) is 7.81. The van der Waals surface area contributed by atoms with Gasteiger partial charge in [-0.1, -0.05) is 67.1 Å². The lowest BCUT2D eigenvalue weighted by Gasteiger charge is -2.23. The van der Waals surface area contributed by atoms with E-state index < -0.39 is 0 Å². The third kappa shape index (κ3) is 6.28. The van der Waals surface area contributed by atoms with Gasteiger partial charge in [-0.2, -0.15) is 0 Å². The van der Waals surface area contributed by atoms with E-state index in [-0.39, 0.29) is 18.3 Å². The number of fused-ring (bicyclic) bond motifs is 1. The Morgan fingerprint density at radius 2 is 1.83 bits per heavy atom. The molecule has 0 unspecified atom stereocenters. The molecule has 3 aromatic rings. The molecule has 0 radical (unpaired) electrons. The first kappa shape index (κ1) is 23.4. The molecule has 0 saturated carbocycles. The molecule has 0 spiro atoms. The number of carbonyl (C=O) groups excluding carboxylic acids is 1. The molecule has 0 N–H and O–H groups in total. The maximum Gasteiger partial charge on any atom is 0.252 e. The maximum atomic E-state index is 13.0. The fourth-order valence-corrected chi connectivity index (χ4v) is 4.18. The lowest BCUT2D eigenvalue weighted by atomic mass is 10.2. The van der Waals surface area contributed by atoms with Crippen LogP contribution in [0.5, 0.6) is 0 Å². The number of hydrogen-bond acceptors (Lipinski definition) is 4. The first-order valence-corrected chi connectivity index (χ1v) is 10.6. The lowest BCUT2D eigenvalue weighted by Crippen LogP contribution is -2.38. The molecule has 0 aliphatic rings. The van der Waals surface area contributed by atoms with Crippen molar-refractivity contribution in [3.05, 3.63) is 65.2 Å². The zero-order valence-corrected chi connectivity index (χ0v) is 18.9. The summed E-state index contributed by atoms with van der Waals surface area (Å²) < 4.78 is 0.982. The van der Waals surface area contributed by atoms with Crippen molar-refractivity contribution >= 4 is 62.7 Å². The van der Waals surface area contributed by atoms with E-state index in [0.29, 0.717) is 16.7 Å². The van der Waals surface area contributed by atoms with E-state index in [2.05, 4.69) is 23.7 Å². The SMILES string of the molecule is CCN(CC)CCN(C(=O)C=Cc1ccccc1)c1nc2ccc(Cl)cc2s1.Cl. The zero-order valence-electron chi connectivity index (χ0n) is 16.5. The minimum atomic E-state index is -0.0684. The van der Waals surface area contributed by atoms with Crippen LogP contribution in [0.15, 0.2) is 54.6 Å². The van der Waals surface area contributed by atoms with Crippen LogP contribution in [0.2, 0.25) is 5.02 Å². The van der Waals surface area contributed by atoms with Gasteiger partial charge in [-0.15, -0.1) is 12.4 Å². The molecule has 2 aromatic carbocycles. The largest absolute Gasteiger partial charge is 0.302 e. The number of carbonyl (C=O) groups is 1. The van der Waals surface area contributed by atoms with Gasteiger partial charge in [0.2, 0.25) is 0 Å². The summed E-state index contributed by atoms with van der Waals surface area (Å²) in [6.07, 6.45) is 3.47. The maximum absolute atomic E-state index is 13.0. The molecule has 0 aliphatic heterocycles. The van der Waals surface area contributed by atoms with Gasteiger partial charge in [0.1, 0.15) is 0 Å². The Hall–Kier alpha value is -1.92. The second-order valence-electron chi connectivity index (χ2n) is 6.37. The summed E-state index contributed by atoms with van der Waals surface area (Å²) >= 11 is 7.60. The monoisotopic (exact) mass is 449 g/mol. The molecule has 0 atom stereocenters. The van der Waals surface area contributed by atoms with Crippen molar-refractivity contribution in [3.63, 3.8) is 0 Å². The van der Waals surface area contributed by atoms with Crippen LogP contribution in [-0.4, -0.2) is 42.0 Å². The number of hydrogen-bond donors (Lipinski definition) is 0. The Kier molecular flexibility index (Phi) is 9.11. The van der Waals surface area contributed by atoms with Gasteiger partial charge in [0, 0.05) is 24.2 Å². The van der Waals surface area contributed by atoms with Crippen LogP contribution in [0.1, 0.15) is 19.4 Å². The Labute approximate surface area is 187 Å². The zero-order chi connectivity index (χ0) is 19.9. The third-order valence-corrected chi connectivity index (χ3v) is 5.86. The van der Waals surface area contributed by atoms with E-state index in [0.717, 1.165) is 35.4 Å². The van der Waals surface area contributed by atoms with Crippen molar-refractivity contribution in [2.45, 2.75) is 13.8 Å². The average molecular weight is 450 g/mol. The van der Waals surface area contributed by atoms with Crippen molar-refractivity contribution in [1.29, 1.82) is 0 Å². The molecule has 1 heterocycles. The van der Waals surface area contributed by atoms with Gasteiger partial charge in [0.25, 0.3) is 5.91 Å². The first-order chi connectivity index (χ1) is 13.6. The molecular weight excluding hydrogens is 425 g/mol. The summed E-state index contributed by atoms with van der Waals surface area (Å²) in [6, 6.07) is 15.4. The van der Waals surface area contributed by atoms with Crippen LogP contribution in [0.3, 0.4) is 0 Å².